The first-order valence-corrected chi connectivity index (χ1v) is 9.07. The molecule has 11 nitrogen and oxygen atoms in total. The summed E-state index contributed by atoms with van der Waals surface area (Å²) in [6.45, 7) is 5.01. The van der Waals surface area contributed by atoms with Crippen molar-refractivity contribution in [3.05, 3.63) is 0 Å². The van der Waals surface area contributed by atoms with Crippen LogP contribution in [-0.2, 0) is 24.0 Å². The molecule has 0 aromatic rings. The van der Waals surface area contributed by atoms with Crippen LogP contribution in [0.2, 0.25) is 0 Å². The number of rotatable bonds is 9. The van der Waals surface area contributed by atoms with Gasteiger partial charge in [0, 0.05) is 6.54 Å². The van der Waals surface area contributed by atoms with Crippen molar-refractivity contribution < 1.29 is 34.2 Å². The smallest absolute Gasteiger partial charge is 0.325 e. The Labute approximate surface area is 162 Å². The number of nitrogens with one attached hydrogen (secondary N) is 2. The maximum absolute atomic E-state index is 13.0. The number of carboxylic acids is 2. The van der Waals surface area contributed by atoms with Crippen LogP contribution in [0, 0.1) is 5.92 Å². The number of carbonyl (C=O) groups excluding carboxylic acids is 3. The molecule has 1 aliphatic rings. The Hall–Kier alpha value is -2.69. The van der Waals surface area contributed by atoms with Gasteiger partial charge < -0.3 is 31.5 Å². The van der Waals surface area contributed by atoms with E-state index in [0.717, 1.165) is 0 Å². The van der Waals surface area contributed by atoms with Gasteiger partial charge in [-0.3, -0.25) is 24.0 Å². The number of carbonyl (C=O) groups is 5. The van der Waals surface area contributed by atoms with Crippen molar-refractivity contribution in [2.45, 2.75) is 64.2 Å². The van der Waals surface area contributed by atoms with Crippen LogP contribution in [0.15, 0.2) is 0 Å². The van der Waals surface area contributed by atoms with Crippen molar-refractivity contribution >= 4 is 29.7 Å². The van der Waals surface area contributed by atoms with Gasteiger partial charge in [0.15, 0.2) is 0 Å². The zero-order valence-electron chi connectivity index (χ0n) is 16.2. The third-order valence-electron chi connectivity index (χ3n) is 4.53. The van der Waals surface area contributed by atoms with Gasteiger partial charge in [-0.1, -0.05) is 13.8 Å². The molecule has 0 aromatic heterocycles. The maximum atomic E-state index is 13.0. The van der Waals surface area contributed by atoms with Gasteiger partial charge in [0.05, 0.1) is 12.5 Å². The third-order valence-corrected chi connectivity index (χ3v) is 4.53. The molecule has 0 radical (unpaired) electrons. The van der Waals surface area contributed by atoms with Crippen LogP contribution in [0.5, 0.6) is 0 Å². The molecular formula is C17H28N4O7. The van der Waals surface area contributed by atoms with Crippen LogP contribution in [0.4, 0.5) is 0 Å². The molecule has 11 heteroatoms. The minimum atomic E-state index is -1.30. The van der Waals surface area contributed by atoms with E-state index in [1.54, 1.807) is 13.8 Å². The first-order valence-electron chi connectivity index (χ1n) is 9.07. The van der Waals surface area contributed by atoms with E-state index in [0.29, 0.717) is 19.4 Å². The number of aliphatic carboxylic acids is 2. The number of amides is 3. The molecule has 4 unspecified atom stereocenters. The van der Waals surface area contributed by atoms with Crippen LogP contribution in [0.3, 0.4) is 0 Å². The summed E-state index contributed by atoms with van der Waals surface area (Å²) >= 11 is 0. The summed E-state index contributed by atoms with van der Waals surface area (Å²) in [5.41, 5.74) is 5.54. The summed E-state index contributed by atoms with van der Waals surface area (Å²) in [4.78, 5) is 60.4. The quantitative estimate of drug-likeness (QED) is 0.310. The molecule has 28 heavy (non-hydrogen) atoms. The van der Waals surface area contributed by atoms with Crippen molar-refractivity contribution in [1.82, 2.24) is 15.5 Å². The predicted octanol–water partition coefficient (Wildman–Crippen LogP) is -1.49. The summed E-state index contributed by atoms with van der Waals surface area (Å²) < 4.78 is 0. The number of nitrogens with two attached hydrogens (primary N) is 1. The highest BCUT2D eigenvalue weighted by Gasteiger charge is 2.39. The lowest BCUT2D eigenvalue weighted by atomic mass is 10.0. The van der Waals surface area contributed by atoms with Crippen molar-refractivity contribution in [2.75, 3.05) is 6.54 Å². The van der Waals surface area contributed by atoms with E-state index in [1.165, 1.54) is 11.8 Å². The molecule has 1 rings (SSSR count). The van der Waals surface area contributed by atoms with Gasteiger partial charge in [0.1, 0.15) is 18.1 Å². The summed E-state index contributed by atoms with van der Waals surface area (Å²) in [5.74, 6) is -4.60. The van der Waals surface area contributed by atoms with Crippen LogP contribution in [0.1, 0.15) is 40.0 Å². The van der Waals surface area contributed by atoms with Crippen LogP contribution in [-0.4, -0.2) is 75.5 Å². The lowest BCUT2D eigenvalue weighted by molar-refractivity contribution is -0.145. The Morgan fingerprint density at radius 2 is 1.71 bits per heavy atom. The molecule has 0 saturated carbocycles. The molecule has 3 amide bonds. The SMILES string of the molecule is CC(NC(=O)C1CCCN1C(=O)C(NC(=O)C(N)CC(=O)O)C(C)C)C(=O)O. The summed E-state index contributed by atoms with van der Waals surface area (Å²) in [6.07, 6.45) is 0.358. The average molecular weight is 400 g/mol. The van der Waals surface area contributed by atoms with Crippen molar-refractivity contribution in [1.29, 1.82) is 0 Å². The van der Waals surface area contributed by atoms with Crippen LogP contribution >= 0.6 is 0 Å². The third kappa shape index (κ3) is 6.19. The normalized spacial score (nSPS) is 19.6. The molecule has 4 atom stereocenters. The van der Waals surface area contributed by atoms with E-state index >= 15 is 0 Å². The van der Waals surface area contributed by atoms with Crippen molar-refractivity contribution in [3.63, 3.8) is 0 Å². The predicted molar refractivity (Wildman–Crippen MR) is 97.0 cm³/mol. The Kier molecular flexibility index (Phi) is 8.35. The van der Waals surface area contributed by atoms with E-state index in [9.17, 15) is 24.0 Å². The van der Waals surface area contributed by atoms with E-state index in [-0.39, 0.29) is 5.92 Å². The van der Waals surface area contributed by atoms with Crippen molar-refractivity contribution in [3.8, 4) is 0 Å². The maximum Gasteiger partial charge on any atom is 0.325 e. The number of likely N-dealkylation sites (tertiary alicyclic amines) is 1. The van der Waals surface area contributed by atoms with Gasteiger partial charge in [-0.05, 0) is 25.7 Å². The molecular weight excluding hydrogens is 372 g/mol. The summed E-state index contributed by atoms with van der Waals surface area (Å²) in [5, 5.41) is 22.5. The summed E-state index contributed by atoms with van der Waals surface area (Å²) in [6, 6.07) is -4.22. The highest BCUT2D eigenvalue weighted by Crippen LogP contribution is 2.20. The van der Waals surface area contributed by atoms with Gasteiger partial charge in [0.25, 0.3) is 0 Å². The second kappa shape index (κ2) is 10.0. The zero-order chi connectivity index (χ0) is 21.6. The first-order chi connectivity index (χ1) is 13.0. The van der Waals surface area contributed by atoms with E-state index in [2.05, 4.69) is 10.6 Å². The van der Waals surface area contributed by atoms with Crippen LogP contribution < -0.4 is 16.4 Å². The van der Waals surface area contributed by atoms with Gasteiger partial charge in [-0.25, -0.2) is 0 Å². The Morgan fingerprint density at radius 3 is 2.21 bits per heavy atom. The fourth-order valence-corrected chi connectivity index (χ4v) is 2.91. The molecule has 0 aromatic carbocycles. The van der Waals surface area contributed by atoms with E-state index < -0.39 is 60.2 Å². The highest BCUT2D eigenvalue weighted by molar-refractivity contribution is 5.95. The van der Waals surface area contributed by atoms with Crippen molar-refractivity contribution in [2.24, 2.45) is 11.7 Å². The largest absolute Gasteiger partial charge is 0.481 e. The fourth-order valence-electron chi connectivity index (χ4n) is 2.91. The number of nitrogens with zero attached hydrogens (tertiary/aromatic N) is 1. The zero-order valence-corrected chi connectivity index (χ0v) is 16.2. The van der Waals surface area contributed by atoms with Gasteiger partial charge >= 0.3 is 11.9 Å². The molecule has 1 saturated heterocycles. The molecule has 1 aliphatic heterocycles. The molecule has 158 valence electrons. The topological polar surface area (TPSA) is 179 Å². The number of hydrogen-bond donors (Lipinski definition) is 5. The van der Waals surface area contributed by atoms with Crippen LogP contribution in [0.25, 0.3) is 0 Å². The number of hydrogen-bond acceptors (Lipinski definition) is 6. The molecule has 1 heterocycles. The second-order valence-electron chi connectivity index (χ2n) is 7.19. The highest BCUT2D eigenvalue weighted by atomic mass is 16.4. The van der Waals surface area contributed by atoms with E-state index in [1.807, 2.05) is 0 Å². The fraction of sp³-hybridized carbons (Fsp3) is 0.706. The molecule has 6 N–H and O–H groups in total. The molecule has 0 spiro atoms. The minimum Gasteiger partial charge on any atom is -0.481 e. The Balaban J connectivity index is 2.87. The Morgan fingerprint density at radius 1 is 1.11 bits per heavy atom. The Bertz CT molecular complexity index is 637. The lowest BCUT2D eigenvalue weighted by Gasteiger charge is -2.31. The van der Waals surface area contributed by atoms with E-state index in [4.69, 9.17) is 15.9 Å². The average Bonchev–Trinajstić information content (AvgIpc) is 3.07. The summed E-state index contributed by atoms with van der Waals surface area (Å²) in [7, 11) is 0. The van der Waals surface area contributed by atoms with Gasteiger partial charge in [0.2, 0.25) is 17.7 Å². The first kappa shape index (κ1) is 23.3. The molecule has 0 aliphatic carbocycles. The molecule has 0 bridgehead atoms. The van der Waals surface area contributed by atoms with Gasteiger partial charge in [-0.2, -0.15) is 0 Å². The minimum absolute atomic E-state index is 0.290. The lowest BCUT2D eigenvalue weighted by Crippen LogP contribution is -2.58. The van der Waals surface area contributed by atoms with Gasteiger partial charge in [-0.15, -0.1) is 0 Å². The standard InChI is InChI=1S/C17H28N4O7/c1-8(2)13(20-14(24)10(18)7-12(22)23)16(26)21-6-4-5-11(21)15(25)19-9(3)17(27)28/h8-11,13H,4-7,18H2,1-3H3,(H,19,25)(H,20,24)(H,22,23)(H,27,28). The molecule has 1 fully saturated rings. The second-order valence-corrected chi connectivity index (χ2v) is 7.19. The monoisotopic (exact) mass is 400 g/mol. The number of carboxylic acid groups (broad SMARTS) is 2.